The number of amides is 1. The van der Waals surface area contributed by atoms with Crippen molar-refractivity contribution in [2.24, 2.45) is 5.16 Å². The molecule has 1 aromatic carbocycles. The van der Waals surface area contributed by atoms with Crippen LogP contribution in [-0.4, -0.2) is 43.4 Å². The van der Waals surface area contributed by atoms with Crippen molar-refractivity contribution in [1.82, 2.24) is 5.32 Å². The zero-order chi connectivity index (χ0) is 16.8. The molecule has 22 heavy (non-hydrogen) atoms. The van der Waals surface area contributed by atoms with Gasteiger partial charge in [0.1, 0.15) is 11.3 Å². The average Bonchev–Trinajstić information content (AvgIpc) is 2.45. The Bertz CT molecular complexity index is 549. The fourth-order valence-corrected chi connectivity index (χ4v) is 1.68. The summed E-state index contributed by atoms with van der Waals surface area (Å²) < 4.78 is 15.4. The maximum absolute atomic E-state index is 11.6. The molecule has 7 nitrogen and oxygen atoms in total. The second-order valence-corrected chi connectivity index (χ2v) is 5.47. The highest BCUT2D eigenvalue weighted by molar-refractivity contribution is 6.03. The van der Waals surface area contributed by atoms with E-state index in [1.165, 1.54) is 14.2 Å². The van der Waals surface area contributed by atoms with Gasteiger partial charge in [-0.05, 0) is 39.0 Å². The third-order valence-corrected chi connectivity index (χ3v) is 2.64. The number of hydrogen-bond acceptors (Lipinski definition) is 6. The highest BCUT2D eigenvalue weighted by Gasteiger charge is 2.17. The first-order valence-corrected chi connectivity index (χ1v) is 6.71. The summed E-state index contributed by atoms with van der Waals surface area (Å²) in [7, 11) is 3.04. The van der Waals surface area contributed by atoms with Gasteiger partial charge in [-0.3, -0.25) is 0 Å². The van der Waals surface area contributed by atoms with E-state index in [0.717, 1.165) is 0 Å². The van der Waals surface area contributed by atoms with E-state index in [2.05, 4.69) is 10.5 Å². The van der Waals surface area contributed by atoms with E-state index >= 15 is 0 Å². The van der Waals surface area contributed by atoms with E-state index in [9.17, 15) is 4.79 Å². The van der Waals surface area contributed by atoms with Crippen LogP contribution in [-0.2, 0) is 4.74 Å². The molecule has 0 unspecified atom stereocenters. The molecule has 0 radical (unpaired) electrons. The van der Waals surface area contributed by atoms with E-state index in [4.69, 9.17) is 19.4 Å². The molecule has 0 aliphatic rings. The molecule has 122 valence electrons. The van der Waals surface area contributed by atoms with Gasteiger partial charge in [0.05, 0.1) is 20.8 Å². The van der Waals surface area contributed by atoms with Crippen LogP contribution in [0.2, 0.25) is 0 Å². The lowest BCUT2D eigenvalue weighted by atomic mass is 10.1. The molecule has 0 aromatic heterocycles. The Hall–Kier alpha value is -2.44. The Kier molecular flexibility index (Phi) is 6.03. The number of alkyl carbamates (subject to hydrolysis) is 1. The van der Waals surface area contributed by atoms with Crippen molar-refractivity contribution < 1.29 is 24.2 Å². The highest BCUT2D eigenvalue weighted by atomic mass is 16.6. The lowest BCUT2D eigenvalue weighted by Gasteiger charge is -2.19. The van der Waals surface area contributed by atoms with Gasteiger partial charge in [-0.15, -0.1) is 0 Å². The molecule has 1 aromatic rings. The minimum absolute atomic E-state index is 0.0148. The fraction of sp³-hybridized carbons (Fsp3) is 0.467. The van der Waals surface area contributed by atoms with E-state index in [-0.39, 0.29) is 12.3 Å². The zero-order valence-corrected chi connectivity index (χ0v) is 13.5. The smallest absolute Gasteiger partial charge is 0.407 e. The number of methoxy groups -OCH3 is 2. The molecule has 2 N–H and O–H groups in total. The minimum atomic E-state index is -0.593. The van der Waals surface area contributed by atoms with E-state index in [0.29, 0.717) is 17.1 Å². The number of hydrogen-bond donors (Lipinski definition) is 2. The summed E-state index contributed by atoms with van der Waals surface area (Å²) in [5.74, 6) is 1.06. The lowest BCUT2D eigenvalue weighted by molar-refractivity contribution is 0.0536. The SMILES string of the molecule is COc1ccc(/C(CNC(=O)OC(C)(C)C)=N/O)cc1OC. The van der Waals surface area contributed by atoms with Crippen molar-refractivity contribution in [3.8, 4) is 11.5 Å². The molecule has 0 bridgehead atoms. The summed E-state index contributed by atoms with van der Waals surface area (Å²) in [5, 5.41) is 14.9. The van der Waals surface area contributed by atoms with Crippen molar-refractivity contribution >= 4 is 11.8 Å². The molecular formula is C15H22N2O5. The fourth-order valence-electron chi connectivity index (χ4n) is 1.68. The predicted molar refractivity (Wildman–Crippen MR) is 82.1 cm³/mol. The second-order valence-electron chi connectivity index (χ2n) is 5.47. The third kappa shape index (κ3) is 5.16. The van der Waals surface area contributed by atoms with Gasteiger partial charge in [0, 0.05) is 5.56 Å². The highest BCUT2D eigenvalue weighted by Crippen LogP contribution is 2.27. The Balaban J connectivity index is 2.79. The summed E-state index contributed by atoms with van der Waals surface area (Å²) in [6.07, 6.45) is -0.589. The summed E-state index contributed by atoms with van der Waals surface area (Å²) in [6.45, 7) is 5.31. The number of carbonyl (C=O) groups excluding carboxylic acids is 1. The molecule has 0 spiro atoms. The van der Waals surface area contributed by atoms with Crippen LogP contribution >= 0.6 is 0 Å². The van der Waals surface area contributed by atoms with Crippen molar-refractivity contribution in [2.75, 3.05) is 20.8 Å². The molecule has 0 atom stereocenters. The van der Waals surface area contributed by atoms with Gasteiger partial charge in [-0.2, -0.15) is 0 Å². The molecular weight excluding hydrogens is 288 g/mol. The van der Waals surface area contributed by atoms with E-state index in [1.807, 2.05) is 0 Å². The van der Waals surface area contributed by atoms with Crippen LogP contribution in [0.3, 0.4) is 0 Å². The van der Waals surface area contributed by atoms with Gasteiger partial charge in [-0.1, -0.05) is 5.16 Å². The van der Waals surface area contributed by atoms with E-state index < -0.39 is 11.7 Å². The van der Waals surface area contributed by atoms with Gasteiger partial charge in [0.2, 0.25) is 0 Å². The first kappa shape index (κ1) is 17.6. The van der Waals surface area contributed by atoms with Crippen LogP contribution in [0.5, 0.6) is 11.5 Å². The van der Waals surface area contributed by atoms with Crippen molar-refractivity contribution in [1.29, 1.82) is 0 Å². The molecule has 0 fully saturated rings. The Labute approximate surface area is 129 Å². The minimum Gasteiger partial charge on any atom is -0.493 e. The van der Waals surface area contributed by atoms with Gasteiger partial charge in [0.15, 0.2) is 11.5 Å². The normalized spacial score (nSPS) is 11.8. The molecule has 0 saturated carbocycles. The Morgan fingerprint density at radius 1 is 1.23 bits per heavy atom. The summed E-state index contributed by atoms with van der Waals surface area (Å²) in [6, 6.07) is 5.05. The topological polar surface area (TPSA) is 89.4 Å². The molecule has 0 aliphatic carbocycles. The number of oxime groups is 1. The molecule has 1 rings (SSSR count). The summed E-state index contributed by atoms with van der Waals surface area (Å²) in [4.78, 5) is 11.6. The maximum atomic E-state index is 11.6. The second kappa shape index (κ2) is 7.53. The van der Waals surface area contributed by atoms with Crippen molar-refractivity contribution in [3.05, 3.63) is 23.8 Å². The third-order valence-electron chi connectivity index (χ3n) is 2.64. The quantitative estimate of drug-likeness (QED) is 0.495. The van der Waals surface area contributed by atoms with Crippen LogP contribution in [0.25, 0.3) is 0 Å². The molecule has 0 saturated heterocycles. The molecule has 1 amide bonds. The monoisotopic (exact) mass is 310 g/mol. The number of ether oxygens (including phenoxy) is 3. The first-order chi connectivity index (χ1) is 10.3. The number of rotatable bonds is 5. The predicted octanol–water partition coefficient (Wildman–Crippen LogP) is 2.41. The number of carbonyl (C=O) groups is 1. The Morgan fingerprint density at radius 3 is 2.36 bits per heavy atom. The maximum Gasteiger partial charge on any atom is 0.407 e. The Morgan fingerprint density at radius 2 is 1.86 bits per heavy atom. The van der Waals surface area contributed by atoms with Gasteiger partial charge >= 0.3 is 6.09 Å². The summed E-state index contributed by atoms with van der Waals surface area (Å²) >= 11 is 0. The summed E-state index contributed by atoms with van der Waals surface area (Å²) in [5.41, 5.74) is 0.271. The average molecular weight is 310 g/mol. The largest absolute Gasteiger partial charge is 0.493 e. The first-order valence-electron chi connectivity index (χ1n) is 6.71. The van der Waals surface area contributed by atoms with Crippen LogP contribution in [0.4, 0.5) is 4.79 Å². The van der Waals surface area contributed by atoms with E-state index in [1.54, 1.807) is 39.0 Å². The number of benzene rings is 1. The lowest BCUT2D eigenvalue weighted by Crippen LogP contribution is -2.35. The van der Waals surface area contributed by atoms with Crippen molar-refractivity contribution in [2.45, 2.75) is 26.4 Å². The van der Waals surface area contributed by atoms with Crippen LogP contribution in [0, 0.1) is 0 Å². The standard InChI is InChI=1S/C15H22N2O5/c1-15(2,3)22-14(18)16-9-11(17-19)10-6-7-12(20-4)13(8-10)21-5/h6-8,19H,9H2,1-5H3,(H,16,18)/b17-11+. The van der Waals surface area contributed by atoms with Crippen molar-refractivity contribution in [3.63, 3.8) is 0 Å². The number of nitrogens with zero attached hydrogens (tertiary/aromatic N) is 1. The molecule has 0 heterocycles. The molecule has 0 aliphatic heterocycles. The van der Waals surface area contributed by atoms with Gasteiger partial charge < -0.3 is 24.7 Å². The molecule has 7 heteroatoms. The van der Waals surface area contributed by atoms with Crippen LogP contribution in [0.15, 0.2) is 23.4 Å². The van der Waals surface area contributed by atoms with Crippen LogP contribution < -0.4 is 14.8 Å². The zero-order valence-electron chi connectivity index (χ0n) is 13.5. The number of nitrogens with one attached hydrogen (secondary N) is 1. The van der Waals surface area contributed by atoms with Gasteiger partial charge in [-0.25, -0.2) is 4.79 Å². The van der Waals surface area contributed by atoms with Gasteiger partial charge in [0.25, 0.3) is 0 Å². The van der Waals surface area contributed by atoms with Crippen LogP contribution in [0.1, 0.15) is 26.3 Å².